The molecule has 1 N–H and O–H groups in total. The van der Waals surface area contributed by atoms with E-state index in [1.54, 1.807) is 23.1 Å². The molecule has 34 heavy (non-hydrogen) atoms. The Labute approximate surface area is 205 Å². The molecule has 0 saturated carbocycles. The van der Waals surface area contributed by atoms with Gasteiger partial charge in [0.05, 0.1) is 22.8 Å². The van der Waals surface area contributed by atoms with Crippen LogP contribution < -0.4 is 10.2 Å². The van der Waals surface area contributed by atoms with Gasteiger partial charge in [0, 0.05) is 17.3 Å². The second-order valence-corrected chi connectivity index (χ2v) is 11.4. The summed E-state index contributed by atoms with van der Waals surface area (Å²) in [6, 6.07) is 10.6. The Hall–Kier alpha value is -2.82. The van der Waals surface area contributed by atoms with Crippen molar-refractivity contribution in [1.82, 2.24) is 4.98 Å². The number of nitrogens with zero attached hydrogens (tertiary/aromatic N) is 2. The van der Waals surface area contributed by atoms with Gasteiger partial charge in [-0.3, -0.25) is 9.59 Å². The monoisotopic (exact) mass is 521 g/mol. The number of hydrogen-bond donors (Lipinski definition) is 1. The van der Waals surface area contributed by atoms with Gasteiger partial charge in [-0.1, -0.05) is 42.0 Å². The average molecular weight is 522 g/mol. The highest BCUT2D eigenvalue weighted by molar-refractivity contribution is 7.91. The molecule has 0 fully saturated rings. The minimum atomic E-state index is -3.54. The van der Waals surface area contributed by atoms with E-state index in [0.717, 1.165) is 17.4 Å². The third kappa shape index (κ3) is 5.13. The largest absolute Gasteiger partial charge is 0.308 e. The van der Waals surface area contributed by atoms with Gasteiger partial charge in [0.15, 0.2) is 15.0 Å². The van der Waals surface area contributed by atoms with Gasteiger partial charge >= 0.3 is 0 Å². The number of nitrogens with one attached hydrogen (secondary N) is 1. The van der Waals surface area contributed by atoms with Crippen LogP contribution in [0.15, 0.2) is 47.4 Å². The van der Waals surface area contributed by atoms with Gasteiger partial charge in [-0.25, -0.2) is 17.8 Å². The number of fused-ring (bicyclic) bond motifs is 1. The van der Waals surface area contributed by atoms with Crippen LogP contribution >= 0.6 is 22.9 Å². The fourth-order valence-corrected chi connectivity index (χ4v) is 5.68. The molecule has 178 valence electrons. The summed E-state index contributed by atoms with van der Waals surface area (Å²) < 4.78 is 38.2. The zero-order valence-corrected chi connectivity index (χ0v) is 20.6. The zero-order chi connectivity index (χ0) is 24.5. The SMILES string of the molecule is CCS(=O)(=O)c1ccc(CC(=O)Nc2nc3c(s2)C(=O)N(c2cccc(Cl)c2)CCC3)c(F)c1. The van der Waals surface area contributed by atoms with E-state index < -0.39 is 21.6 Å². The Morgan fingerprint density at radius 1 is 1.26 bits per heavy atom. The number of benzene rings is 2. The van der Waals surface area contributed by atoms with Crippen LogP contribution in [0, 0.1) is 5.82 Å². The first-order valence-electron chi connectivity index (χ1n) is 10.6. The number of aryl methyl sites for hydroxylation is 1. The lowest BCUT2D eigenvalue weighted by Gasteiger charge is -2.20. The number of carbonyl (C=O) groups is 2. The van der Waals surface area contributed by atoms with Crippen molar-refractivity contribution in [1.29, 1.82) is 0 Å². The molecule has 0 bridgehead atoms. The number of carbonyl (C=O) groups excluding carboxylic acids is 2. The van der Waals surface area contributed by atoms with E-state index in [9.17, 15) is 22.4 Å². The molecule has 0 saturated heterocycles. The third-order valence-electron chi connectivity index (χ3n) is 5.41. The van der Waals surface area contributed by atoms with Crippen molar-refractivity contribution < 1.29 is 22.4 Å². The Bertz CT molecular complexity index is 1370. The van der Waals surface area contributed by atoms with Gasteiger partial charge in [0.1, 0.15) is 10.7 Å². The topological polar surface area (TPSA) is 96.4 Å². The molecule has 1 aliphatic heterocycles. The molecule has 4 rings (SSSR count). The number of halogens is 2. The van der Waals surface area contributed by atoms with E-state index in [2.05, 4.69) is 10.3 Å². The van der Waals surface area contributed by atoms with Gasteiger partial charge < -0.3 is 10.2 Å². The van der Waals surface area contributed by atoms with Crippen molar-refractivity contribution in [2.75, 3.05) is 22.5 Å². The number of sulfone groups is 1. The summed E-state index contributed by atoms with van der Waals surface area (Å²) in [7, 11) is -3.54. The summed E-state index contributed by atoms with van der Waals surface area (Å²) >= 11 is 7.15. The number of aromatic nitrogens is 1. The molecular formula is C23H21ClFN3O4S2. The minimum Gasteiger partial charge on any atom is -0.308 e. The van der Waals surface area contributed by atoms with Crippen LogP contribution in [-0.4, -0.2) is 37.5 Å². The highest BCUT2D eigenvalue weighted by Gasteiger charge is 2.28. The first-order valence-corrected chi connectivity index (χ1v) is 13.4. The maximum absolute atomic E-state index is 14.4. The Morgan fingerprint density at radius 2 is 2.06 bits per heavy atom. The molecule has 11 heteroatoms. The lowest BCUT2D eigenvalue weighted by Crippen LogP contribution is -2.30. The third-order valence-corrected chi connectivity index (χ3v) is 8.38. The van der Waals surface area contributed by atoms with E-state index in [0.29, 0.717) is 40.7 Å². The summed E-state index contributed by atoms with van der Waals surface area (Å²) in [5.41, 5.74) is 1.36. The molecule has 0 aliphatic carbocycles. The summed E-state index contributed by atoms with van der Waals surface area (Å²) in [4.78, 5) is 32.0. The van der Waals surface area contributed by atoms with Gasteiger partial charge in [-0.2, -0.15) is 0 Å². The molecule has 1 aromatic heterocycles. The number of anilines is 2. The van der Waals surface area contributed by atoms with Crippen molar-refractivity contribution in [2.24, 2.45) is 0 Å². The van der Waals surface area contributed by atoms with Crippen molar-refractivity contribution in [2.45, 2.75) is 31.1 Å². The number of thiazole rings is 1. The molecule has 3 aromatic rings. The lowest BCUT2D eigenvalue weighted by molar-refractivity contribution is -0.115. The number of amides is 2. The molecule has 0 radical (unpaired) electrons. The zero-order valence-electron chi connectivity index (χ0n) is 18.2. The summed E-state index contributed by atoms with van der Waals surface area (Å²) in [5.74, 6) is -1.65. The van der Waals surface area contributed by atoms with Crippen molar-refractivity contribution in [3.8, 4) is 0 Å². The average Bonchev–Trinajstić information content (AvgIpc) is 3.13. The molecule has 1 aliphatic rings. The van der Waals surface area contributed by atoms with E-state index in [1.165, 1.54) is 19.1 Å². The molecule has 0 atom stereocenters. The van der Waals surface area contributed by atoms with Crippen molar-refractivity contribution >= 4 is 55.4 Å². The lowest BCUT2D eigenvalue weighted by atomic mass is 10.1. The second kappa shape index (κ2) is 9.81. The van der Waals surface area contributed by atoms with E-state index in [1.807, 2.05) is 6.07 Å². The van der Waals surface area contributed by atoms with Crippen molar-refractivity contribution in [3.63, 3.8) is 0 Å². The molecule has 2 heterocycles. The van der Waals surface area contributed by atoms with Crippen LogP contribution in [0.2, 0.25) is 5.02 Å². The van der Waals surface area contributed by atoms with Gasteiger partial charge in [-0.15, -0.1) is 0 Å². The molecule has 2 aromatic carbocycles. The van der Waals surface area contributed by atoms with Crippen LogP contribution in [0.5, 0.6) is 0 Å². The fourth-order valence-electron chi connectivity index (χ4n) is 3.63. The number of rotatable bonds is 6. The van der Waals surface area contributed by atoms with Gasteiger partial charge in [0.2, 0.25) is 5.91 Å². The molecule has 2 amide bonds. The van der Waals surface area contributed by atoms with Crippen LogP contribution in [0.25, 0.3) is 0 Å². The van der Waals surface area contributed by atoms with Crippen LogP contribution in [0.1, 0.15) is 34.3 Å². The maximum atomic E-state index is 14.4. The quantitative estimate of drug-likeness (QED) is 0.515. The predicted octanol–water partition coefficient (Wildman–Crippen LogP) is 4.50. The van der Waals surface area contributed by atoms with Crippen LogP contribution in [0.4, 0.5) is 15.2 Å². The Balaban J connectivity index is 1.49. The van der Waals surface area contributed by atoms with Gasteiger partial charge in [-0.05, 0) is 48.7 Å². The highest BCUT2D eigenvalue weighted by Crippen LogP contribution is 2.31. The Morgan fingerprint density at radius 3 is 2.76 bits per heavy atom. The van der Waals surface area contributed by atoms with Gasteiger partial charge in [0.25, 0.3) is 5.91 Å². The van der Waals surface area contributed by atoms with Crippen LogP contribution in [-0.2, 0) is 27.5 Å². The summed E-state index contributed by atoms with van der Waals surface area (Å²) in [6.45, 7) is 2.00. The molecule has 7 nitrogen and oxygen atoms in total. The maximum Gasteiger partial charge on any atom is 0.270 e. The Kier molecular flexibility index (Phi) is 7.01. The number of hydrogen-bond acceptors (Lipinski definition) is 6. The highest BCUT2D eigenvalue weighted by atomic mass is 35.5. The second-order valence-electron chi connectivity index (χ2n) is 7.72. The van der Waals surface area contributed by atoms with E-state index >= 15 is 0 Å². The summed E-state index contributed by atoms with van der Waals surface area (Å²) in [5, 5.41) is 3.41. The van der Waals surface area contributed by atoms with Crippen molar-refractivity contribution in [3.05, 3.63) is 69.4 Å². The standard InChI is InChI=1S/C23H21ClFN3O4S2/c1-2-34(31,32)17-9-8-14(18(25)13-17)11-20(29)27-23-26-19-7-4-10-28(22(30)21(19)33-23)16-6-3-5-15(24)12-16/h3,5-6,8-9,12-13H,2,4,7,10-11H2,1H3,(H,26,27,29). The predicted molar refractivity (Wildman–Crippen MR) is 130 cm³/mol. The normalized spacial score (nSPS) is 14.0. The van der Waals surface area contributed by atoms with Crippen LogP contribution in [0.3, 0.4) is 0 Å². The molecule has 0 spiro atoms. The summed E-state index contributed by atoms with van der Waals surface area (Å²) in [6.07, 6.45) is 0.970. The first kappa shape index (κ1) is 24.3. The van der Waals surface area contributed by atoms with E-state index in [4.69, 9.17) is 11.6 Å². The first-order chi connectivity index (χ1) is 16.2. The van der Waals surface area contributed by atoms with E-state index in [-0.39, 0.29) is 33.7 Å². The fraction of sp³-hybridized carbons (Fsp3) is 0.261. The molecular weight excluding hydrogens is 501 g/mol. The minimum absolute atomic E-state index is 0.0638. The molecule has 0 unspecified atom stereocenters. The smallest absolute Gasteiger partial charge is 0.270 e.